The SMILES string of the molecule is O=S(=O)(Cc1ccc(F)cc1F)NS(=O)(=O)c1ccc(O)cc1. The van der Waals surface area contributed by atoms with Gasteiger partial charge in [0.1, 0.15) is 17.4 Å². The number of rotatable bonds is 5. The first-order valence-electron chi connectivity index (χ1n) is 6.08. The summed E-state index contributed by atoms with van der Waals surface area (Å²) in [6.07, 6.45) is 0. The van der Waals surface area contributed by atoms with E-state index < -0.39 is 42.3 Å². The minimum Gasteiger partial charge on any atom is -0.508 e. The molecule has 2 rings (SSSR count). The Morgan fingerprint density at radius 1 is 0.957 bits per heavy atom. The molecule has 0 saturated heterocycles. The van der Waals surface area contributed by atoms with Crippen LogP contribution in [-0.4, -0.2) is 21.9 Å². The van der Waals surface area contributed by atoms with Crippen molar-refractivity contribution in [2.24, 2.45) is 0 Å². The van der Waals surface area contributed by atoms with E-state index in [1.165, 1.54) is 4.13 Å². The van der Waals surface area contributed by atoms with Gasteiger partial charge in [0.2, 0.25) is 10.0 Å². The van der Waals surface area contributed by atoms with Gasteiger partial charge in [-0.05, 0) is 30.3 Å². The predicted octanol–water partition coefficient (Wildman–Crippen LogP) is 1.48. The molecule has 10 heteroatoms. The Labute approximate surface area is 131 Å². The lowest BCUT2D eigenvalue weighted by atomic mass is 10.2. The van der Waals surface area contributed by atoms with Crippen LogP contribution in [0.5, 0.6) is 5.75 Å². The highest BCUT2D eigenvalue weighted by atomic mass is 32.3. The van der Waals surface area contributed by atoms with E-state index in [0.717, 1.165) is 36.4 Å². The molecule has 2 aromatic rings. The molecule has 0 fully saturated rings. The number of nitrogens with one attached hydrogen (secondary N) is 1. The molecule has 23 heavy (non-hydrogen) atoms. The van der Waals surface area contributed by atoms with E-state index in [2.05, 4.69) is 0 Å². The van der Waals surface area contributed by atoms with Crippen molar-refractivity contribution in [2.45, 2.75) is 10.6 Å². The first-order valence-corrected chi connectivity index (χ1v) is 9.22. The van der Waals surface area contributed by atoms with E-state index in [-0.39, 0.29) is 11.3 Å². The highest BCUT2D eigenvalue weighted by molar-refractivity contribution is 8.04. The van der Waals surface area contributed by atoms with Gasteiger partial charge in [-0.3, -0.25) is 0 Å². The Bertz CT molecular complexity index is 925. The lowest BCUT2D eigenvalue weighted by molar-refractivity contribution is 0.475. The summed E-state index contributed by atoms with van der Waals surface area (Å²) in [5.74, 6) is -3.15. The number of halogens is 2. The standard InChI is InChI=1S/C13H11F2NO5S2/c14-10-2-1-9(13(15)7-10)8-22(18,19)16-23(20,21)12-5-3-11(17)4-6-12/h1-7,16-17H,8H2. The van der Waals surface area contributed by atoms with Crippen LogP contribution in [0.4, 0.5) is 8.78 Å². The van der Waals surface area contributed by atoms with Crippen LogP contribution in [0.25, 0.3) is 0 Å². The van der Waals surface area contributed by atoms with Crippen molar-refractivity contribution in [3.63, 3.8) is 0 Å². The van der Waals surface area contributed by atoms with Gasteiger partial charge < -0.3 is 5.11 Å². The van der Waals surface area contributed by atoms with Crippen molar-refractivity contribution < 1.29 is 30.7 Å². The molecule has 124 valence electrons. The highest BCUT2D eigenvalue weighted by Gasteiger charge is 2.24. The number of phenolic OH excluding ortho intramolecular Hbond substituents is 1. The van der Waals surface area contributed by atoms with Crippen molar-refractivity contribution in [1.29, 1.82) is 0 Å². The van der Waals surface area contributed by atoms with Crippen LogP contribution in [0.3, 0.4) is 0 Å². The van der Waals surface area contributed by atoms with Gasteiger partial charge in [0.25, 0.3) is 10.0 Å². The van der Waals surface area contributed by atoms with Crippen LogP contribution < -0.4 is 4.13 Å². The second kappa shape index (κ2) is 6.22. The van der Waals surface area contributed by atoms with E-state index in [0.29, 0.717) is 6.07 Å². The van der Waals surface area contributed by atoms with E-state index in [1.54, 1.807) is 0 Å². The van der Waals surface area contributed by atoms with Crippen LogP contribution in [0.15, 0.2) is 47.4 Å². The largest absolute Gasteiger partial charge is 0.508 e. The number of phenols is 1. The molecule has 0 aromatic heterocycles. The fourth-order valence-electron chi connectivity index (χ4n) is 1.71. The average Bonchev–Trinajstić information content (AvgIpc) is 2.41. The molecule has 6 nitrogen and oxygen atoms in total. The molecule has 2 aromatic carbocycles. The van der Waals surface area contributed by atoms with Gasteiger partial charge in [-0.1, -0.05) is 6.07 Å². The third-order valence-corrected chi connectivity index (χ3v) is 6.22. The molecule has 0 aliphatic carbocycles. The maximum absolute atomic E-state index is 13.5. The third-order valence-electron chi connectivity index (χ3n) is 2.74. The van der Waals surface area contributed by atoms with Gasteiger partial charge in [-0.25, -0.2) is 25.6 Å². The highest BCUT2D eigenvalue weighted by Crippen LogP contribution is 2.17. The normalized spacial score (nSPS) is 12.3. The number of aromatic hydroxyl groups is 1. The maximum Gasteiger partial charge on any atom is 0.253 e. The van der Waals surface area contributed by atoms with E-state index >= 15 is 0 Å². The fourth-order valence-corrected chi connectivity index (χ4v) is 4.81. The van der Waals surface area contributed by atoms with Crippen molar-refractivity contribution in [3.05, 3.63) is 59.7 Å². The minimum absolute atomic E-state index is 0.194. The van der Waals surface area contributed by atoms with Crippen LogP contribution in [0.2, 0.25) is 0 Å². The Kier molecular flexibility index (Phi) is 4.68. The third kappa shape index (κ3) is 4.47. The summed E-state index contributed by atoms with van der Waals surface area (Å²) in [6.45, 7) is 0. The fraction of sp³-hybridized carbons (Fsp3) is 0.0769. The monoisotopic (exact) mass is 363 g/mol. The van der Waals surface area contributed by atoms with Crippen LogP contribution >= 0.6 is 0 Å². The zero-order chi connectivity index (χ0) is 17.3. The smallest absolute Gasteiger partial charge is 0.253 e. The van der Waals surface area contributed by atoms with Crippen LogP contribution in [-0.2, 0) is 25.8 Å². The van der Waals surface area contributed by atoms with Gasteiger partial charge in [-0.2, -0.15) is 0 Å². The molecule has 0 spiro atoms. The van der Waals surface area contributed by atoms with Crippen molar-refractivity contribution in [1.82, 2.24) is 4.13 Å². The molecular weight excluding hydrogens is 352 g/mol. The molecule has 2 N–H and O–H groups in total. The zero-order valence-corrected chi connectivity index (χ0v) is 13.0. The Morgan fingerprint density at radius 3 is 2.13 bits per heavy atom. The lowest BCUT2D eigenvalue weighted by Gasteiger charge is -2.09. The first kappa shape index (κ1) is 17.3. The Hall–Kier alpha value is -2.04. The van der Waals surface area contributed by atoms with Gasteiger partial charge in [0, 0.05) is 11.6 Å². The topological polar surface area (TPSA) is 101 Å². The maximum atomic E-state index is 13.5. The first-order chi connectivity index (χ1) is 10.6. The summed E-state index contributed by atoms with van der Waals surface area (Å²) >= 11 is 0. The predicted molar refractivity (Wildman–Crippen MR) is 77.4 cm³/mol. The summed E-state index contributed by atoms with van der Waals surface area (Å²) in [5, 5.41) is 9.10. The number of sulfonamides is 2. The molecule has 0 heterocycles. The lowest BCUT2D eigenvalue weighted by Crippen LogP contribution is -2.31. The second-order valence-electron chi connectivity index (χ2n) is 4.58. The molecular formula is C13H11F2NO5S2. The summed E-state index contributed by atoms with van der Waals surface area (Å²) < 4.78 is 75.4. The number of hydrogen-bond acceptors (Lipinski definition) is 5. The van der Waals surface area contributed by atoms with Gasteiger partial charge >= 0.3 is 0 Å². The average molecular weight is 363 g/mol. The van der Waals surface area contributed by atoms with Gasteiger partial charge in [0.15, 0.2) is 0 Å². The summed E-state index contributed by atoms with van der Waals surface area (Å²) in [6, 6.07) is 6.43. The quantitative estimate of drug-likeness (QED) is 0.838. The Balaban J connectivity index is 2.25. The molecule has 0 aliphatic heterocycles. The molecule has 0 atom stereocenters. The van der Waals surface area contributed by atoms with Crippen LogP contribution in [0, 0.1) is 11.6 Å². The van der Waals surface area contributed by atoms with E-state index in [4.69, 9.17) is 5.11 Å². The number of benzene rings is 2. The molecule has 0 radical (unpaired) electrons. The minimum atomic E-state index is -4.45. The van der Waals surface area contributed by atoms with Crippen molar-refractivity contribution >= 4 is 20.0 Å². The van der Waals surface area contributed by atoms with Crippen molar-refractivity contribution in [3.8, 4) is 5.75 Å². The summed E-state index contributed by atoms with van der Waals surface area (Å²) in [5.41, 5.74) is -0.375. The van der Waals surface area contributed by atoms with E-state index in [9.17, 15) is 25.6 Å². The molecule has 0 amide bonds. The van der Waals surface area contributed by atoms with Gasteiger partial charge in [0.05, 0.1) is 10.6 Å². The molecule has 0 aliphatic rings. The molecule has 0 saturated carbocycles. The summed E-state index contributed by atoms with van der Waals surface area (Å²) in [7, 11) is -8.87. The second-order valence-corrected chi connectivity index (χ2v) is 8.24. The zero-order valence-electron chi connectivity index (χ0n) is 11.4. The molecule has 0 unspecified atom stereocenters. The molecule has 0 bridgehead atoms. The Morgan fingerprint density at radius 2 is 1.57 bits per heavy atom. The number of hydrogen-bond donors (Lipinski definition) is 2. The van der Waals surface area contributed by atoms with Gasteiger partial charge in [-0.15, -0.1) is 4.13 Å². The summed E-state index contributed by atoms with van der Waals surface area (Å²) in [4.78, 5) is -0.390. The van der Waals surface area contributed by atoms with Crippen molar-refractivity contribution in [2.75, 3.05) is 0 Å². The van der Waals surface area contributed by atoms with Crippen LogP contribution in [0.1, 0.15) is 5.56 Å². The van der Waals surface area contributed by atoms with E-state index in [1.807, 2.05) is 0 Å².